The van der Waals surface area contributed by atoms with Crippen LogP contribution in [-0.4, -0.2) is 36.5 Å². The topological polar surface area (TPSA) is 55.6 Å². The molecule has 4 nitrogen and oxygen atoms in total. The summed E-state index contributed by atoms with van der Waals surface area (Å²) >= 11 is 0. The molecule has 0 bridgehead atoms. The second kappa shape index (κ2) is 6.06. The molecule has 0 unspecified atom stereocenters. The highest BCUT2D eigenvalue weighted by molar-refractivity contribution is 5.86. The molecule has 1 saturated carbocycles. The number of nitrogens with zero attached hydrogens (tertiary/aromatic N) is 1. The van der Waals surface area contributed by atoms with Crippen molar-refractivity contribution in [3.05, 3.63) is 30.3 Å². The molecule has 0 spiro atoms. The zero-order valence-electron chi connectivity index (χ0n) is 11.5. The summed E-state index contributed by atoms with van der Waals surface area (Å²) in [6, 6.07) is 9.61. The van der Waals surface area contributed by atoms with Crippen molar-refractivity contribution in [1.29, 1.82) is 0 Å². The van der Waals surface area contributed by atoms with E-state index in [0.717, 1.165) is 31.4 Å². The molecule has 2 rings (SSSR count). The van der Waals surface area contributed by atoms with Gasteiger partial charge in [-0.3, -0.25) is 4.79 Å². The monoisotopic (exact) mass is 262 g/mol. The van der Waals surface area contributed by atoms with Crippen molar-refractivity contribution in [1.82, 2.24) is 4.90 Å². The zero-order chi connectivity index (χ0) is 13.7. The molecule has 1 aromatic carbocycles. The number of carbonyl (C=O) groups excluding carboxylic acids is 1. The van der Waals surface area contributed by atoms with Crippen molar-refractivity contribution < 1.29 is 9.53 Å². The Labute approximate surface area is 114 Å². The van der Waals surface area contributed by atoms with Gasteiger partial charge in [-0.25, -0.2) is 0 Å². The number of amides is 1. The molecule has 1 fully saturated rings. The molecule has 0 aromatic heterocycles. The van der Waals surface area contributed by atoms with E-state index in [0.29, 0.717) is 13.2 Å². The molecule has 0 atom stereocenters. The van der Waals surface area contributed by atoms with Crippen molar-refractivity contribution in [2.75, 3.05) is 20.2 Å². The Kier molecular flexibility index (Phi) is 4.43. The Morgan fingerprint density at radius 1 is 1.32 bits per heavy atom. The van der Waals surface area contributed by atoms with Crippen molar-refractivity contribution in [3.8, 4) is 5.75 Å². The van der Waals surface area contributed by atoms with Gasteiger partial charge in [0.1, 0.15) is 12.4 Å². The van der Waals surface area contributed by atoms with Gasteiger partial charge in [0.25, 0.3) is 0 Å². The van der Waals surface area contributed by atoms with Crippen molar-refractivity contribution in [2.45, 2.75) is 31.2 Å². The SMILES string of the molecule is CN(CCOc1ccccc1)C(=O)C1(N)CCCC1. The predicted molar refractivity (Wildman–Crippen MR) is 75.0 cm³/mol. The quantitative estimate of drug-likeness (QED) is 0.880. The third kappa shape index (κ3) is 3.47. The average Bonchev–Trinajstić information content (AvgIpc) is 2.87. The average molecular weight is 262 g/mol. The minimum Gasteiger partial charge on any atom is -0.492 e. The van der Waals surface area contributed by atoms with Crippen LogP contribution < -0.4 is 10.5 Å². The van der Waals surface area contributed by atoms with E-state index >= 15 is 0 Å². The van der Waals surface area contributed by atoms with Crippen molar-refractivity contribution in [3.63, 3.8) is 0 Å². The van der Waals surface area contributed by atoms with Crippen molar-refractivity contribution >= 4 is 5.91 Å². The number of carbonyl (C=O) groups is 1. The summed E-state index contributed by atoms with van der Waals surface area (Å²) in [5.41, 5.74) is 5.52. The lowest BCUT2D eigenvalue weighted by molar-refractivity contribution is -0.135. The van der Waals surface area contributed by atoms with Gasteiger partial charge in [0.2, 0.25) is 5.91 Å². The maximum Gasteiger partial charge on any atom is 0.242 e. The third-order valence-corrected chi connectivity index (χ3v) is 3.71. The first-order chi connectivity index (χ1) is 9.12. The number of ether oxygens (including phenoxy) is 1. The summed E-state index contributed by atoms with van der Waals surface area (Å²) in [5, 5.41) is 0. The molecule has 0 saturated heterocycles. The lowest BCUT2D eigenvalue weighted by atomic mass is 9.97. The van der Waals surface area contributed by atoms with E-state index in [2.05, 4.69) is 0 Å². The molecule has 1 aliphatic carbocycles. The van der Waals surface area contributed by atoms with E-state index in [1.54, 1.807) is 11.9 Å². The first kappa shape index (κ1) is 13.9. The molecule has 0 radical (unpaired) electrons. The van der Waals surface area contributed by atoms with Crippen LogP contribution in [0.3, 0.4) is 0 Å². The Hall–Kier alpha value is -1.55. The van der Waals surface area contributed by atoms with E-state index in [9.17, 15) is 4.79 Å². The van der Waals surface area contributed by atoms with E-state index in [4.69, 9.17) is 10.5 Å². The molecule has 0 aliphatic heterocycles. The first-order valence-corrected chi connectivity index (χ1v) is 6.84. The fourth-order valence-electron chi connectivity index (χ4n) is 2.52. The Bertz CT molecular complexity index is 413. The largest absolute Gasteiger partial charge is 0.492 e. The summed E-state index contributed by atoms with van der Waals surface area (Å²) in [7, 11) is 1.80. The Balaban J connectivity index is 1.78. The highest BCUT2D eigenvalue weighted by Gasteiger charge is 2.38. The summed E-state index contributed by atoms with van der Waals surface area (Å²) < 4.78 is 5.59. The van der Waals surface area contributed by atoms with Gasteiger partial charge >= 0.3 is 0 Å². The molecule has 1 amide bonds. The predicted octanol–water partition coefficient (Wildman–Crippen LogP) is 1.80. The van der Waals surface area contributed by atoms with Gasteiger partial charge in [-0.05, 0) is 25.0 Å². The van der Waals surface area contributed by atoms with Gasteiger partial charge in [-0.2, -0.15) is 0 Å². The number of hydrogen-bond donors (Lipinski definition) is 1. The Morgan fingerprint density at radius 2 is 1.95 bits per heavy atom. The molecule has 1 aromatic rings. The maximum atomic E-state index is 12.3. The summed E-state index contributed by atoms with van der Waals surface area (Å²) in [4.78, 5) is 13.9. The lowest BCUT2D eigenvalue weighted by Crippen LogP contribution is -2.53. The van der Waals surface area contributed by atoms with Crippen LogP contribution in [0.15, 0.2) is 30.3 Å². The van der Waals surface area contributed by atoms with Gasteiger partial charge in [-0.1, -0.05) is 31.0 Å². The summed E-state index contributed by atoms with van der Waals surface area (Å²) in [6.07, 6.45) is 3.71. The minimum atomic E-state index is -0.637. The van der Waals surface area contributed by atoms with Crippen LogP contribution >= 0.6 is 0 Å². The van der Waals surface area contributed by atoms with E-state index in [1.165, 1.54) is 0 Å². The fourth-order valence-corrected chi connectivity index (χ4v) is 2.52. The normalized spacial score (nSPS) is 17.2. The molecule has 4 heteroatoms. The van der Waals surface area contributed by atoms with Crippen LogP contribution in [0.2, 0.25) is 0 Å². The lowest BCUT2D eigenvalue weighted by Gasteiger charge is -2.28. The fraction of sp³-hybridized carbons (Fsp3) is 0.533. The molecule has 1 aliphatic rings. The second-order valence-corrected chi connectivity index (χ2v) is 5.25. The van der Waals surface area contributed by atoms with Crippen LogP contribution in [0, 0.1) is 0 Å². The van der Waals surface area contributed by atoms with Crippen LogP contribution in [-0.2, 0) is 4.79 Å². The Morgan fingerprint density at radius 3 is 2.58 bits per heavy atom. The van der Waals surface area contributed by atoms with Crippen LogP contribution in [0.25, 0.3) is 0 Å². The molecule has 19 heavy (non-hydrogen) atoms. The number of nitrogens with two attached hydrogens (primary N) is 1. The minimum absolute atomic E-state index is 0.0432. The number of hydrogen-bond acceptors (Lipinski definition) is 3. The van der Waals surface area contributed by atoms with Gasteiger partial charge in [-0.15, -0.1) is 0 Å². The third-order valence-electron chi connectivity index (χ3n) is 3.71. The van der Waals surface area contributed by atoms with Gasteiger partial charge in [0.15, 0.2) is 0 Å². The molecule has 0 heterocycles. The van der Waals surface area contributed by atoms with E-state index < -0.39 is 5.54 Å². The summed E-state index contributed by atoms with van der Waals surface area (Å²) in [5.74, 6) is 0.869. The first-order valence-electron chi connectivity index (χ1n) is 6.84. The highest BCUT2D eigenvalue weighted by Crippen LogP contribution is 2.28. The maximum absolute atomic E-state index is 12.3. The van der Waals surface area contributed by atoms with E-state index in [-0.39, 0.29) is 5.91 Å². The standard InChI is InChI=1S/C15H22N2O2/c1-17(14(18)15(16)9-5-6-10-15)11-12-19-13-7-3-2-4-8-13/h2-4,7-8H,5-6,9-12,16H2,1H3. The second-order valence-electron chi connectivity index (χ2n) is 5.25. The number of benzene rings is 1. The number of likely N-dealkylation sites (N-methyl/N-ethyl adjacent to an activating group) is 1. The molecule has 104 valence electrons. The zero-order valence-corrected chi connectivity index (χ0v) is 11.5. The van der Waals surface area contributed by atoms with Gasteiger partial charge in [0, 0.05) is 7.05 Å². The highest BCUT2D eigenvalue weighted by atomic mass is 16.5. The summed E-state index contributed by atoms with van der Waals surface area (Å²) in [6.45, 7) is 1.05. The van der Waals surface area contributed by atoms with Crippen molar-refractivity contribution in [2.24, 2.45) is 5.73 Å². The van der Waals surface area contributed by atoms with Gasteiger partial charge < -0.3 is 15.4 Å². The molecular formula is C15H22N2O2. The molecule has 2 N–H and O–H groups in total. The number of para-hydroxylation sites is 1. The van der Waals surface area contributed by atoms with Crippen LogP contribution in [0.1, 0.15) is 25.7 Å². The van der Waals surface area contributed by atoms with Crippen LogP contribution in [0.4, 0.5) is 0 Å². The number of rotatable bonds is 5. The van der Waals surface area contributed by atoms with E-state index in [1.807, 2.05) is 30.3 Å². The van der Waals surface area contributed by atoms with Gasteiger partial charge in [0.05, 0.1) is 12.1 Å². The molecular weight excluding hydrogens is 240 g/mol. The smallest absolute Gasteiger partial charge is 0.242 e. The van der Waals surface area contributed by atoms with Crippen LogP contribution in [0.5, 0.6) is 5.75 Å².